The van der Waals surface area contributed by atoms with Crippen LogP contribution in [-0.4, -0.2) is 0 Å². The largest absolute Gasteiger partial charge is 0.464 e. The van der Waals surface area contributed by atoms with Crippen LogP contribution in [-0.2, 0) is 0 Å². The highest BCUT2D eigenvalue weighted by Gasteiger charge is 1.93. The number of hydrogen-bond acceptors (Lipinski definition) is 1. The van der Waals surface area contributed by atoms with Gasteiger partial charge in [-0.3, -0.25) is 0 Å². The highest BCUT2D eigenvalue weighted by Crippen LogP contribution is 2.15. The molecule has 0 amide bonds. The summed E-state index contributed by atoms with van der Waals surface area (Å²) in [6.45, 7) is 2.08. The number of rotatable bonds is 0. The lowest BCUT2D eigenvalue weighted by atomic mass is 10.2. The van der Waals surface area contributed by atoms with E-state index in [0.717, 1.165) is 5.58 Å². The smallest absolute Gasteiger partial charge is 0.133 e. The first-order valence-electron chi connectivity index (χ1n) is 5.30. The lowest BCUT2D eigenvalue weighted by Gasteiger charge is -1.89. The van der Waals surface area contributed by atoms with Crippen LogP contribution in [0.4, 0.5) is 0 Å². The van der Waals surface area contributed by atoms with Gasteiger partial charge in [0.2, 0.25) is 0 Å². The molecule has 3 aromatic rings. The Morgan fingerprint density at radius 3 is 2.06 bits per heavy atom. The zero-order valence-corrected chi connectivity index (χ0v) is 9.26. The van der Waals surface area contributed by atoms with Crippen LogP contribution < -0.4 is 0 Å². The maximum atomic E-state index is 5.17. The van der Waals surface area contributed by atoms with Gasteiger partial charge in [0, 0.05) is 5.39 Å². The van der Waals surface area contributed by atoms with E-state index in [-0.39, 0.29) is 0 Å². The van der Waals surface area contributed by atoms with Gasteiger partial charge in [-0.2, -0.15) is 0 Å². The van der Waals surface area contributed by atoms with E-state index in [9.17, 15) is 0 Å². The van der Waals surface area contributed by atoms with E-state index in [1.54, 1.807) is 6.26 Å². The highest BCUT2D eigenvalue weighted by molar-refractivity contribution is 5.77. The first-order chi connectivity index (χ1) is 7.86. The molecule has 0 N–H and O–H groups in total. The van der Waals surface area contributed by atoms with Crippen LogP contribution in [0.5, 0.6) is 0 Å². The Balaban J connectivity index is 0.000000138. The van der Waals surface area contributed by atoms with Crippen molar-refractivity contribution in [3.63, 3.8) is 0 Å². The number of fused-ring (bicyclic) bond motifs is 1. The van der Waals surface area contributed by atoms with Crippen molar-refractivity contribution in [3.05, 3.63) is 72.5 Å². The van der Waals surface area contributed by atoms with Crippen LogP contribution in [0.15, 0.2) is 71.3 Å². The van der Waals surface area contributed by atoms with Crippen molar-refractivity contribution in [2.24, 2.45) is 0 Å². The van der Waals surface area contributed by atoms with Crippen LogP contribution in [0, 0.1) is 6.92 Å². The highest BCUT2D eigenvalue weighted by atomic mass is 16.3. The number of furan rings is 1. The van der Waals surface area contributed by atoms with Crippen molar-refractivity contribution in [2.45, 2.75) is 6.92 Å². The molecule has 80 valence electrons. The van der Waals surface area contributed by atoms with Crippen molar-refractivity contribution in [3.8, 4) is 0 Å². The predicted octanol–water partition coefficient (Wildman–Crippen LogP) is 4.43. The molecule has 3 rings (SSSR count). The number of hydrogen-bond donors (Lipinski definition) is 0. The summed E-state index contributed by atoms with van der Waals surface area (Å²) in [5.74, 6) is 0. The zero-order valence-electron chi connectivity index (χ0n) is 9.26. The molecule has 1 aromatic heterocycles. The molecular formula is C15H14O. The molecule has 1 heteroatoms. The second kappa shape index (κ2) is 5.17. The summed E-state index contributed by atoms with van der Waals surface area (Å²) in [5, 5.41) is 1.18. The summed E-state index contributed by atoms with van der Waals surface area (Å²) in [7, 11) is 0. The molecule has 0 saturated heterocycles. The number of aryl methyl sites for hydroxylation is 1. The SMILES string of the molecule is Cc1ccc2occc2c1.c1ccccc1. The van der Waals surface area contributed by atoms with Gasteiger partial charge in [-0.1, -0.05) is 48.0 Å². The monoisotopic (exact) mass is 210 g/mol. The minimum atomic E-state index is 0.964. The summed E-state index contributed by atoms with van der Waals surface area (Å²) < 4.78 is 5.17. The minimum Gasteiger partial charge on any atom is -0.464 e. The Labute approximate surface area is 95.3 Å². The normalized spacial score (nSPS) is 9.56. The first-order valence-corrected chi connectivity index (χ1v) is 5.30. The second-order valence-corrected chi connectivity index (χ2v) is 3.62. The van der Waals surface area contributed by atoms with Gasteiger partial charge in [-0.15, -0.1) is 0 Å². The average molecular weight is 210 g/mol. The quantitative estimate of drug-likeness (QED) is 0.535. The van der Waals surface area contributed by atoms with Crippen LogP contribution in [0.3, 0.4) is 0 Å². The number of benzene rings is 2. The third-order valence-corrected chi connectivity index (χ3v) is 2.27. The van der Waals surface area contributed by atoms with Crippen LogP contribution in [0.2, 0.25) is 0 Å². The van der Waals surface area contributed by atoms with Gasteiger partial charge in [-0.25, -0.2) is 0 Å². The molecule has 1 nitrogen and oxygen atoms in total. The Hall–Kier alpha value is -2.02. The molecule has 0 aliphatic heterocycles. The molecule has 0 aliphatic rings. The molecule has 1 heterocycles. The molecule has 0 saturated carbocycles. The van der Waals surface area contributed by atoms with Crippen LogP contribution >= 0.6 is 0 Å². The zero-order chi connectivity index (χ0) is 11.2. The van der Waals surface area contributed by atoms with Crippen molar-refractivity contribution in [1.82, 2.24) is 0 Å². The maximum Gasteiger partial charge on any atom is 0.133 e. The van der Waals surface area contributed by atoms with Crippen molar-refractivity contribution in [1.29, 1.82) is 0 Å². The maximum absolute atomic E-state index is 5.17. The fraction of sp³-hybridized carbons (Fsp3) is 0.0667. The van der Waals surface area contributed by atoms with E-state index in [2.05, 4.69) is 13.0 Å². The summed E-state index contributed by atoms with van der Waals surface area (Å²) in [5.41, 5.74) is 2.24. The molecular weight excluding hydrogens is 196 g/mol. The second-order valence-electron chi connectivity index (χ2n) is 3.62. The Morgan fingerprint density at radius 1 is 0.812 bits per heavy atom. The molecule has 0 spiro atoms. The van der Waals surface area contributed by atoms with Gasteiger partial charge >= 0.3 is 0 Å². The Morgan fingerprint density at radius 2 is 1.44 bits per heavy atom. The van der Waals surface area contributed by atoms with Crippen LogP contribution in [0.25, 0.3) is 11.0 Å². The molecule has 0 bridgehead atoms. The summed E-state index contributed by atoms with van der Waals surface area (Å²) in [6.07, 6.45) is 1.71. The molecule has 2 aromatic carbocycles. The minimum absolute atomic E-state index is 0.964. The topological polar surface area (TPSA) is 13.1 Å². The van der Waals surface area contributed by atoms with Gasteiger partial charge < -0.3 is 4.42 Å². The van der Waals surface area contributed by atoms with E-state index in [1.807, 2.05) is 54.6 Å². The summed E-state index contributed by atoms with van der Waals surface area (Å²) in [4.78, 5) is 0. The summed E-state index contributed by atoms with van der Waals surface area (Å²) >= 11 is 0. The van der Waals surface area contributed by atoms with E-state index in [4.69, 9.17) is 4.42 Å². The first kappa shape index (κ1) is 10.5. The Bertz CT molecular complexity index is 511. The summed E-state index contributed by atoms with van der Waals surface area (Å²) in [6, 6.07) is 20.1. The van der Waals surface area contributed by atoms with E-state index < -0.39 is 0 Å². The fourth-order valence-electron chi connectivity index (χ4n) is 1.47. The van der Waals surface area contributed by atoms with Crippen LogP contribution in [0.1, 0.15) is 5.56 Å². The molecule has 0 fully saturated rings. The predicted molar refractivity (Wildman–Crippen MR) is 67.4 cm³/mol. The fourth-order valence-corrected chi connectivity index (χ4v) is 1.47. The van der Waals surface area contributed by atoms with Gasteiger partial charge in [0.05, 0.1) is 6.26 Å². The molecule has 0 atom stereocenters. The van der Waals surface area contributed by atoms with Gasteiger partial charge in [0.1, 0.15) is 5.58 Å². The lowest BCUT2D eigenvalue weighted by Crippen LogP contribution is -1.67. The Kier molecular flexibility index (Phi) is 3.39. The molecule has 0 unspecified atom stereocenters. The molecule has 0 radical (unpaired) electrons. The third kappa shape index (κ3) is 2.74. The third-order valence-electron chi connectivity index (χ3n) is 2.27. The van der Waals surface area contributed by atoms with E-state index in [0.29, 0.717) is 0 Å². The van der Waals surface area contributed by atoms with Crippen molar-refractivity contribution in [2.75, 3.05) is 0 Å². The molecule has 16 heavy (non-hydrogen) atoms. The van der Waals surface area contributed by atoms with E-state index >= 15 is 0 Å². The molecule has 0 aliphatic carbocycles. The average Bonchev–Trinajstić information content (AvgIpc) is 2.79. The van der Waals surface area contributed by atoms with Gasteiger partial charge in [0.25, 0.3) is 0 Å². The lowest BCUT2D eigenvalue weighted by molar-refractivity contribution is 0.616. The van der Waals surface area contributed by atoms with Gasteiger partial charge in [0.15, 0.2) is 0 Å². The van der Waals surface area contributed by atoms with Crippen molar-refractivity contribution < 1.29 is 4.42 Å². The van der Waals surface area contributed by atoms with Crippen molar-refractivity contribution >= 4 is 11.0 Å². The van der Waals surface area contributed by atoms with E-state index in [1.165, 1.54) is 10.9 Å². The standard InChI is InChI=1S/C9H8O.C6H6/c1-7-2-3-9-8(6-7)4-5-10-9;1-2-4-6-5-3-1/h2-6H,1H3;1-6H. The van der Waals surface area contributed by atoms with Gasteiger partial charge in [-0.05, 0) is 25.1 Å².